The van der Waals surface area contributed by atoms with Gasteiger partial charge in [0.2, 0.25) is 6.10 Å². The van der Waals surface area contributed by atoms with Gasteiger partial charge in [0.1, 0.15) is 12.4 Å². The minimum Gasteiger partial charge on any atom is -0.485 e. The second-order valence-electron chi connectivity index (χ2n) is 6.24. The van der Waals surface area contributed by atoms with Gasteiger partial charge in [-0.15, -0.1) is 0 Å². The Kier molecular flexibility index (Phi) is 4.46. The Balaban J connectivity index is 1.50. The van der Waals surface area contributed by atoms with E-state index in [2.05, 4.69) is 10.3 Å². The number of fused-ring (bicyclic) bond motifs is 1. The highest BCUT2D eigenvalue weighted by molar-refractivity contribution is 5.95. The number of aryl methyl sites for hydroxylation is 1. The van der Waals surface area contributed by atoms with Gasteiger partial charge < -0.3 is 14.8 Å². The standard InChI is InChI=1S/C21H17FN2O3/c1-13-10-14(15-8-9-23-11-16(15)22)6-7-17(13)24-21(25)20-12-26-18-4-2-3-5-19(18)27-20/h2-11,20H,12H2,1H3,(H,24,25). The van der Waals surface area contributed by atoms with E-state index in [9.17, 15) is 9.18 Å². The topological polar surface area (TPSA) is 60.5 Å². The predicted octanol–water partition coefficient (Wildman–Crippen LogP) is 3.97. The summed E-state index contributed by atoms with van der Waals surface area (Å²) in [7, 11) is 0. The number of pyridine rings is 1. The lowest BCUT2D eigenvalue weighted by Crippen LogP contribution is -2.40. The number of carbonyl (C=O) groups excluding carboxylic acids is 1. The molecule has 0 bridgehead atoms. The lowest BCUT2D eigenvalue weighted by molar-refractivity contribution is -0.125. The number of hydrogen-bond donors (Lipinski definition) is 1. The molecule has 27 heavy (non-hydrogen) atoms. The predicted molar refractivity (Wildman–Crippen MR) is 99.4 cm³/mol. The van der Waals surface area contributed by atoms with Crippen molar-refractivity contribution < 1.29 is 18.7 Å². The molecule has 3 aromatic rings. The fourth-order valence-electron chi connectivity index (χ4n) is 2.94. The van der Waals surface area contributed by atoms with E-state index >= 15 is 0 Å². The molecule has 6 heteroatoms. The molecule has 2 heterocycles. The first-order valence-corrected chi connectivity index (χ1v) is 8.52. The summed E-state index contributed by atoms with van der Waals surface area (Å²) in [5.41, 5.74) is 2.64. The lowest BCUT2D eigenvalue weighted by atomic mass is 10.0. The first-order valence-electron chi connectivity index (χ1n) is 8.52. The third-order valence-electron chi connectivity index (χ3n) is 4.37. The van der Waals surface area contributed by atoms with Gasteiger partial charge in [0, 0.05) is 17.4 Å². The molecular weight excluding hydrogens is 347 g/mol. The monoisotopic (exact) mass is 364 g/mol. The summed E-state index contributed by atoms with van der Waals surface area (Å²) in [6.45, 7) is 1.99. The Morgan fingerprint density at radius 1 is 1.19 bits per heavy atom. The summed E-state index contributed by atoms with van der Waals surface area (Å²) in [6.07, 6.45) is 1.98. The number of rotatable bonds is 3. The Bertz CT molecular complexity index is 1010. The van der Waals surface area contributed by atoms with Crippen molar-refractivity contribution >= 4 is 11.6 Å². The second kappa shape index (κ2) is 7.07. The number of hydrogen-bond acceptors (Lipinski definition) is 4. The molecule has 2 aromatic carbocycles. The Labute approximate surface area is 155 Å². The van der Waals surface area contributed by atoms with Crippen molar-refractivity contribution in [3.8, 4) is 22.6 Å². The zero-order valence-electron chi connectivity index (χ0n) is 14.6. The zero-order chi connectivity index (χ0) is 18.8. The number of nitrogens with one attached hydrogen (secondary N) is 1. The molecule has 0 saturated heterocycles. The van der Waals surface area contributed by atoms with E-state index in [-0.39, 0.29) is 18.3 Å². The molecule has 0 saturated carbocycles. The number of carbonyl (C=O) groups is 1. The SMILES string of the molecule is Cc1cc(-c2ccncc2F)ccc1NC(=O)C1COc2ccccc2O1. The molecule has 0 radical (unpaired) electrons. The number of ether oxygens (including phenoxy) is 2. The lowest BCUT2D eigenvalue weighted by Gasteiger charge is -2.25. The van der Waals surface area contributed by atoms with Crippen LogP contribution in [0.5, 0.6) is 11.5 Å². The molecule has 1 aliphatic heterocycles. The maximum absolute atomic E-state index is 13.9. The molecule has 0 spiro atoms. The van der Waals surface area contributed by atoms with Gasteiger partial charge in [-0.1, -0.05) is 18.2 Å². The number of para-hydroxylation sites is 2. The Morgan fingerprint density at radius 2 is 2.00 bits per heavy atom. The largest absolute Gasteiger partial charge is 0.485 e. The minimum atomic E-state index is -0.739. The summed E-state index contributed by atoms with van der Waals surface area (Å²) in [5, 5.41) is 2.85. The maximum atomic E-state index is 13.9. The highest BCUT2D eigenvalue weighted by atomic mass is 19.1. The highest BCUT2D eigenvalue weighted by Gasteiger charge is 2.27. The smallest absolute Gasteiger partial charge is 0.269 e. The van der Waals surface area contributed by atoms with Crippen LogP contribution in [0.1, 0.15) is 5.56 Å². The van der Waals surface area contributed by atoms with Gasteiger partial charge in [-0.25, -0.2) is 4.39 Å². The van der Waals surface area contributed by atoms with Gasteiger partial charge in [-0.05, 0) is 48.4 Å². The van der Waals surface area contributed by atoms with Gasteiger partial charge in [0.15, 0.2) is 11.5 Å². The van der Waals surface area contributed by atoms with Gasteiger partial charge in [-0.2, -0.15) is 0 Å². The van der Waals surface area contributed by atoms with Crippen LogP contribution in [-0.4, -0.2) is 23.6 Å². The molecular formula is C21H17FN2O3. The van der Waals surface area contributed by atoms with Crippen molar-refractivity contribution in [1.82, 2.24) is 4.98 Å². The maximum Gasteiger partial charge on any atom is 0.269 e. The summed E-state index contributed by atoms with van der Waals surface area (Å²) in [5.74, 6) is 0.487. The van der Waals surface area contributed by atoms with Crippen LogP contribution in [0.4, 0.5) is 10.1 Å². The Morgan fingerprint density at radius 3 is 2.78 bits per heavy atom. The van der Waals surface area contributed by atoms with Gasteiger partial charge in [0.25, 0.3) is 5.91 Å². The van der Waals surface area contributed by atoms with E-state index in [1.54, 1.807) is 36.5 Å². The van der Waals surface area contributed by atoms with Crippen molar-refractivity contribution in [2.75, 3.05) is 11.9 Å². The fourth-order valence-corrected chi connectivity index (χ4v) is 2.94. The van der Waals surface area contributed by atoms with E-state index in [0.29, 0.717) is 22.7 Å². The summed E-state index contributed by atoms with van der Waals surface area (Å²) in [4.78, 5) is 16.3. The van der Waals surface area contributed by atoms with Crippen molar-refractivity contribution in [2.45, 2.75) is 13.0 Å². The van der Waals surface area contributed by atoms with E-state index in [4.69, 9.17) is 9.47 Å². The number of aromatic nitrogens is 1. The number of amides is 1. The first kappa shape index (κ1) is 17.0. The zero-order valence-corrected chi connectivity index (χ0v) is 14.6. The second-order valence-corrected chi connectivity index (χ2v) is 6.24. The van der Waals surface area contributed by atoms with Crippen LogP contribution in [-0.2, 0) is 4.79 Å². The van der Waals surface area contributed by atoms with Crippen LogP contribution >= 0.6 is 0 Å². The number of halogens is 1. The molecule has 0 aliphatic carbocycles. The van der Waals surface area contributed by atoms with E-state index in [0.717, 1.165) is 11.1 Å². The van der Waals surface area contributed by atoms with Gasteiger partial charge in [-0.3, -0.25) is 9.78 Å². The third-order valence-corrected chi connectivity index (χ3v) is 4.37. The Hall–Kier alpha value is -3.41. The molecule has 1 amide bonds. The molecule has 1 aromatic heterocycles. The summed E-state index contributed by atoms with van der Waals surface area (Å²) < 4.78 is 25.2. The first-order chi connectivity index (χ1) is 13.1. The molecule has 136 valence electrons. The number of benzene rings is 2. The van der Waals surface area contributed by atoms with Crippen LogP contribution in [0, 0.1) is 12.7 Å². The van der Waals surface area contributed by atoms with Crippen molar-refractivity contribution in [3.05, 3.63) is 72.3 Å². The van der Waals surface area contributed by atoms with E-state index in [1.807, 2.05) is 25.1 Å². The average molecular weight is 364 g/mol. The molecule has 1 aliphatic rings. The minimum absolute atomic E-state index is 0.141. The van der Waals surface area contributed by atoms with E-state index < -0.39 is 6.10 Å². The molecule has 1 N–H and O–H groups in total. The van der Waals surface area contributed by atoms with E-state index in [1.165, 1.54) is 6.20 Å². The fraction of sp³-hybridized carbons (Fsp3) is 0.143. The quantitative estimate of drug-likeness (QED) is 0.764. The number of anilines is 1. The number of nitrogens with zero attached hydrogens (tertiary/aromatic N) is 1. The van der Waals surface area contributed by atoms with Crippen molar-refractivity contribution in [2.24, 2.45) is 0 Å². The van der Waals surface area contributed by atoms with Crippen LogP contribution in [0.25, 0.3) is 11.1 Å². The van der Waals surface area contributed by atoms with Crippen LogP contribution < -0.4 is 14.8 Å². The summed E-state index contributed by atoms with van der Waals surface area (Å²) in [6, 6.07) is 14.2. The normalized spacial score (nSPS) is 15.3. The summed E-state index contributed by atoms with van der Waals surface area (Å²) >= 11 is 0. The van der Waals surface area contributed by atoms with Crippen molar-refractivity contribution in [1.29, 1.82) is 0 Å². The van der Waals surface area contributed by atoms with Crippen LogP contribution in [0.3, 0.4) is 0 Å². The van der Waals surface area contributed by atoms with Crippen LogP contribution in [0.15, 0.2) is 60.9 Å². The molecule has 4 rings (SSSR count). The van der Waals surface area contributed by atoms with Crippen LogP contribution in [0.2, 0.25) is 0 Å². The molecule has 0 fully saturated rings. The molecule has 5 nitrogen and oxygen atoms in total. The molecule has 1 atom stereocenters. The molecule has 1 unspecified atom stereocenters. The van der Waals surface area contributed by atoms with Gasteiger partial charge >= 0.3 is 0 Å². The van der Waals surface area contributed by atoms with Gasteiger partial charge in [0.05, 0.1) is 6.20 Å². The third kappa shape index (κ3) is 3.46. The average Bonchev–Trinajstić information content (AvgIpc) is 2.69. The van der Waals surface area contributed by atoms with Crippen molar-refractivity contribution in [3.63, 3.8) is 0 Å². The highest BCUT2D eigenvalue weighted by Crippen LogP contribution is 2.31.